The van der Waals surface area contributed by atoms with Crippen LogP contribution in [0.1, 0.15) is 59.2 Å². The van der Waals surface area contributed by atoms with Gasteiger partial charge >= 0.3 is 5.97 Å². The van der Waals surface area contributed by atoms with E-state index in [1.807, 2.05) is 26.0 Å². The molecule has 8 heteroatoms. The number of nitrogens with one attached hydrogen (secondary N) is 1. The molecule has 0 amide bonds. The van der Waals surface area contributed by atoms with Gasteiger partial charge in [0.05, 0.1) is 22.6 Å². The highest BCUT2D eigenvalue weighted by Crippen LogP contribution is 2.39. The van der Waals surface area contributed by atoms with Crippen LogP contribution < -0.4 is 10.9 Å². The Morgan fingerprint density at radius 2 is 2.03 bits per heavy atom. The number of carboxylic acids is 1. The summed E-state index contributed by atoms with van der Waals surface area (Å²) in [6.45, 7) is 3.83. The number of hydrogen-bond acceptors (Lipinski definition) is 5. The molecular formula is C21H21ClN4O3. The molecule has 2 N–H and O–H groups in total. The molecule has 7 nitrogen and oxygen atoms in total. The number of pyridine rings is 1. The first-order valence-electron chi connectivity index (χ1n) is 9.43. The first-order chi connectivity index (χ1) is 13.8. The molecule has 1 aliphatic carbocycles. The summed E-state index contributed by atoms with van der Waals surface area (Å²) in [6, 6.07) is 6.66. The number of halogens is 1. The molecule has 29 heavy (non-hydrogen) atoms. The van der Waals surface area contributed by atoms with Gasteiger partial charge in [-0.3, -0.25) is 9.36 Å². The Morgan fingerprint density at radius 3 is 2.69 bits per heavy atom. The second-order valence-electron chi connectivity index (χ2n) is 7.56. The number of fused-ring (bicyclic) bond motifs is 1. The van der Waals surface area contributed by atoms with E-state index >= 15 is 0 Å². The summed E-state index contributed by atoms with van der Waals surface area (Å²) in [5.74, 6) is -0.0351. The minimum atomic E-state index is -1.17. The molecule has 0 saturated heterocycles. The number of nitrogens with zero attached hydrogens (tertiary/aromatic N) is 3. The molecule has 1 aliphatic rings. The molecule has 1 saturated carbocycles. The van der Waals surface area contributed by atoms with Gasteiger partial charge in [0, 0.05) is 18.5 Å². The number of hydrogen-bond donors (Lipinski definition) is 2. The molecule has 0 radical (unpaired) electrons. The van der Waals surface area contributed by atoms with Crippen molar-refractivity contribution in [1.29, 1.82) is 0 Å². The lowest BCUT2D eigenvalue weighted by Gasteiger charge is -2.20. The largest absolute Gasteiger partial charge is 0.476 e. The number of aryl methyl sites for hydroxylation is 1. The molecule has 3 aromatic rings. The molecule has 0 unspecified atom stereocenters. The fraction of sp³-hybridized carbons (Fsp3) is 0.333. The lowest BCUT2D eigenvalue weighted by atomic mass is 10.0. The van der Waals surface area contributed by atoms with Crippen LogP contribution in [0, 0.1) is 6.92 Å². The van der Waals surface area contributed by atoms with Gasteiger partial charge < -0.3 is 10.4 Å². The Kier molecular flexibility index (Phi) is 4.78. The molecule has 0 aliphatic heterocycles. The van der Waals surface area contributed by atoms with Crippen molar-refractivity contribution in [1.82, 2.24) is 14.5 Å². The Labute approximate surface area is 172 Å². The van der Waals surface area contributed by atoms with E-state index in [1.165, 1.54) is 6.07 Å². The Balaban J connectivity index is 1.83. The van der Waals surface area contributed by atoms with Crippen LogP contribution in [0.2, 0.25) is 5.15 Å². The predicted octanol–water partition coefficient (Wildman–Crippen LogP) is 4.04. The summed E-state index contributed by atoms with van der Waals surface area (Å²) >= 11 is 5.85. The molecular weight excluding hydrogens is 392 g/mol. The number of carboxylic acid groups (broad SMARTS) is 1. The van der Waals surface area contributed by atoms with Crippen molar-refractivity contribution in [2.45, 2.75) is 38.6 Å². The smallest absolute Gasteiger partial charge is 0.356 e. The second kappa shape index (κ2) is 7.15. The van der Waals surface area contributed by atoms with Crippen LogP contribution in [0.4, 0.5) is 5.69 Å². The van der Waals surface area contributed by atoms with Gasteiger partial charge in [-0.05, 0) is 50.5 Å². The predicted molar refractivity (Wildman–Crippen MR) is 112 cm³/mol. The van der Waals surface area contributed by atoms with Crippen molar-refractivity contribution in [2.75, 3.05) is 5.32 Å². The van der Waals surface area contributed by atoms with Crippen LogP contribution in [0.25, 0.3) is 10.9 Å². The van der Waals surface area contributed by atoms with Crippen molar-refractivity contribution < 1.29 is 9.90 Å². The van der Waals surface area contributed by atoms with Crippen LogP contribution >= 0.6 is 11.6 Å². The number of aromatic carboxylic acids is 1. The fourth-order valence-electron chi connectivity index (χ4n) is 3.63. The normalized spacial score (nSPS) is 14.8. The molecule has 2 aromatic heterocycles. The first kappa shape index (κ1) is 19.4. The van der Waals surface area contributed by atoms with E-state index in [4.69, 9.17) is 16.6 Å². The average Bonchev–Trinajstić information content (AvgIpc) is 3.50. The quantitative estimate of drug-likeness (QED) is 0.614. The number of rotatable bonds is 5. The molecule has 1 aromatic carbocycles. The van der Waals surface area contributed by atoms with E-state index in [1.54, 1.807) is 17.7 Å². The average molecular weight is 413 g/mol. The zero-order valence-electron chi connectivity index (χ0n) is 16.4. The third kappa shape index (κ3) is 3.58. The highest BCUT2D eigenvalue weighted by Gasteiger charge is 2.29. The van der Waals surface area contributed by atoms with Gasteiger partial charge in [0.1, 0.15) is 11.0 Å². The van der Waals surface area contributed by atoms with Crippen LogP contribution in [0.5, 0.6) is 0 Å². The van der Waals surface area contributed by atoms with Gasteiger partial charge in [-0.15, -0.1) is 0 Å². The Hall–Kier alpha value is -2.93. The van der Waals surface area contributed by atoms with Crippen molar-refractivity contribution in [2.24, 2.45) is 7.05 Å². The standard InChI is InChI=1S/C21H21ClN4O3/c1-10-8-13(11(2)23-15-6-7-16(22)24-18(15)21(28)29)17-14(9-10)20(27)26(3)19(25-17)12-4-5-12/h6-9,11-12,23H,4-5H2,1-3H3,(H,28,29)/t11-/m1/s1. The van der Waals surface area contributed by atoms with Crippen LogP contribution in [-0.4, -0.2) is 25.6 Å². The van der Waals surface area contributed by atoms with Crippen molar-refractivity contribution in [3.05, 3.63) is 62.4 Å². The van der Waals surface area contributed by atoms with Gasteiger partial charge in [0.25, 0.3) is 5.56 Å². The minimum absolute atomic E-state index is 0.0616. The Bertz CT molecular complexity index is 1200. The minimum Gasteiger partial charge on any atom is -0.476 e. The van der Waals surface area contributed by atoms with E-state index in [9.17, 15) is 14.7 Å². The maximum Gasteiger partial charge on any atom is 0.356 e. The molecule has 4 rings (SSSR count). The Morgan fingerprint density at radius 1 is 1.31 bits per heavy atom. The van der Waals surface area contributed by atoms with E-state index in [0.717, 1.165) is 29.8 Å². The van der Waals surface area contributed by atoms with Gasteiger partial charge in [-0.25, -0.2) is 14.8 Å². The third-order valence-electron chi connectivity index (χ3n) is 5.23. The van der Waals surface area contributed by atoms with Gasteiger partial charge in [-0.2, -0.15) is 0 Å². The number of carbonyl (C=O) groups is 1. The lowest BCUT2D eigenvalue weighted by molar-refractivity contribution is 0.0691. The van der Waals surface area contributed by atoms with Gasteiger partial charge in [0.15, 0.2) is 5.69 Å². The van der Waals surface area contributed by atoms with Gasteiger partial charge in [0.2, 0.25) is 0 Å². The summed E-state index contributed by atoms with van der Waals surface area (Å²) in [6.07, 6.45) is 2.08. The number of benzene rings is 1. The summed E-state index contributed by atoms with van der Waals surface area (Å²) in [5.41, 5.74) is 2.57. The first-order valence-corrected chi connectivity index (χ1v) is 9.81. The fourth-order valence-corrected chi connectivity index (χ4v) is 3.78. The molecule has 1 atom stereocenters. The summed E-state index contributed by atoms with van der Waals surface area (Å²) in [4.78, 5) is 33.2. The van der Waals surface area contributed by atoms with E-state index in [-0.39, 0.29) is 22.4 Å². The molecule has 1 fully saturated rings. The van der Waals surface area contributed by atoms with Crippen LogP contribution in [-0.2, 0) is 7.05 Å². The van der Waals surface area contributed by atoms with E-state index in [2.05, 4.69) is 10.3 Å². The van der Waals surface area contributed by atoms with Gasteiger partial charge in [-0.1, -0.05) is 17.7 Å². The molecule has 0 bridgehead atoms. The zero-order chi connectivity index (χ0) is 20.9. The zero-order valence-corrected chi connectivity index (χ0v) is 17.1. The monoisotopic (exact) mass is 412 g/mol. The highest BCUT2D eigenvalue weighted by atomic mass is 35.5. The SMILES string of the molecule is Cc1cc([C@@H](C)Nc2ccc(Cl)nc2C(=O)O)c2nc(C3CC3)n(C)c(=O)c2c1. The maximum absolute atomic E-state index is 12.9. The summed E-state index contributed by atoms with van der Waals surface area (Å²) in [5, 5.41) is 13.3. The lowest BCUT2D eigenvalue weighted by Crippen LogP contribution is -2.23. The molecule has 150 valence electrons. The van der Waals surface area contributed by atoms with Crippen molar-refractivity contribution in [3.8, 4) is 0 Å². The molecule has 2 heterocycles. The summed E-state index contributed by atoms with van der Waals surface area (Å²) < 4.78 is 1.65. The highest BCUT2D eigenvalue weighted by molar-refractivity contribution is 6.29. The van der Waals surface area contributed by atoms with Crippen LogP contribution in [0.3, 0.4) is 0 Å². The van der Waals surface area contributed by atoms with E-state index in [0.29, 0.717) is 22.5 Å². The molecule has 0 spiro atoms. The van der Waals surface area contributed by atoms with Crippen molar-refractivity contribution >= 4 is 34.2 Å². The van der Waals surface area contributed by atoms with E-state index < -0.39 is 5.97 Å². The van der Waals surface area contributed by atoms with Crippen molar-refractivity contribution in [3.63, 3.8) is 0 Å². The number of aromatic nitrogens is 3. The third-order valence-corrected chi connectivity index (χ3v) is 5.44. The topological polar surface area (TPSA) is 97.1 Å². The number of anilines is 1. The maximum atomic E-state index is 12.9. The second-order valence-corrected chi connectivity index (χ2v) is 7.95. The summed E-state index contributed by atoms with van der Waals surface area (Å²) in [7, 11) is 1.77. The van der Waals surface area contributed by atoms with Crippen LogP contribution in [0.15, 0.2) is 29.1 Å².